The second-order valence-electron chi connectivity index (χ2n) is 5.39. The number of aromatic nitrogens is 1. The Morgan fingerprint density at radius 1 is 1.31 bits per heavy atom. The lowest BCUT2D eigenvalue weighted by molar-refractivity contribution is 0.439. The fourth-order valence-electron chi connectivity index (χ4n) is 4.23. The van der Waals surface area contributed by atoms with Crippen molar-refractivity contribution in [1.82, 2.24) is 4.98 Å². The quantitative estimate of drug-likeness (QED) is 0.776. The highest BCUT2D eigenvalue weighted by atomic mass is 16.4. The van der Waals surface area contributed by atoms with Crippen LogP contribution in [0.3, 0.4) is 0 Å². The molecule has 0 aliphatic heterocycles. The zero-order valence-electron chi connectivity index (χ0n) is 8.89. The number of fused-ring (bicyclic) bond motifs is 5. The Hall–Kier alpha value is -1.50. The van der Waals surface area contributed by atoms with Gasteiger partial charge in [-0.15, -0.1) is 0 Å². The van der Waals surface area contributed by atoms with Gasteiger partial charge in [0.15, 0.2) is 0 Å². The number of anilines is 1. The van der Waals surface area contributed by atoms with E-state index in [0.29, 0.717) is 5.92 Å². The minimum absolute atomic E-state index is 0.190. The van der Waals surface area contributed by atoms with Gasteiger partial charge in [-0.05, 0) is 42.9 Å². The van der Waals surface area contributed by atoms with E-state index in [-0.39, 0.29) is 11.6 Å². The van der Waals surface area contributed by atoms with E-state index < -0.39 is 0 Å². The van der Waals surface area contributed by atoms with Gasteiger partial charge in [0.05, 0.1) is 0 Å². The highest BCUT2D eigenvalue weighted by Gasteiger charge is 2.67. The topological polar surface area (TPSA) is 75.8 Å². The highest BCUT2D eigenvalue weighted by Crippen LogP contribution is 2.73. The third kappa shape index (κ3) is 0.874. The molecule has 3 saturated carbocycles. The molecule has 1 aromatic heterocycles. The van der Waals surface area contributed by atoms with Gasteiger partial charge in [0, 0.05) is 5.92 Å². The smallest absolute Gasteiger partial charge is 0.229 e. The first-order chi connectivity index (χ1) is 7.79. The Morgan fingerprint density at radius 2 is 2.00 bits per heavy atom. The summed E-state index contributed by atoms with van der Waals surface area (Å²) in [6.07, 6.45) is 4.17. The number of oxazole rings is 1. The summed E-state index contributed by atoms with van der Waals surface area (Å²) in [4.78, 5) is 4.22. The summed E-state index contributed by atoms with van der Waals surface area (Å²) >= 11 is 0. The minimum atomic E-state index is 0.190. The van der Waals surface area contributed by atoms with Crippen molar-refractivity contribution in [3.8, 4) is 6.07 Å². The Morgan fingerprint density at radius 3 is 2.56 bits per heavy atom. The van der Waals surface area contributed by atoms with E-state index in [1.54, 1.807) is 0 Å². The fourth-order valence-corrected chi connectivity index (χ4v) is 4.23. The number of nitriles is 1. The average Bonchev–Trinajstić information content (AvgIpc) is 2.65. The van der Waals surface area contributed by atoms with Gasteiger partial charge in [0.1, 0.15) is 6.07 Å². The number of nitrogen functional groups attached to an aromatic ring is 1. The summed E-state index contributed by atoms with van der Waals surface area (Å²) in [6.45, 7) is 0. The molecule has 3 aliphatic rings. The summed E-state index contributed by atoms with van der Waals surface area (Å²) in [5.74, 6) is 4.72. The van der Waals surface area contributed by atoms with Crippen LogP contribution in [0.2, 0.25) is 0 Å². The van der Waals surface area contributed by atoms with Gasteiger partial charge < -0.3 is 10.2 Å². The summed E-state index contributed by atoms with van der Waals surface area (Å²) in [6, 6.07) is 1.97. The van der Waals surface area contributed by atoms with E-state index >= 15 is 0 Å². The van der Waals surface area contributed by atoms with Gasteiger partial charge in [0.25, 0.3) is 0 Å². The molecular weight excluding hydrogens is 202 g/mol. The van der Waals surface area contributed by atoms with Crippen LogP contribution in [-0.4, -0.2) is 4.98 Å². The van der Waals surface area contributed by atoms with E-state index in [2.05, 4.69) is 4.98 Å². The van der Waals surface area contributed by atoms with Crippen LogP contribution < -0.4 is 5.73 Å². The van der Waals surface area contributed by atoms with Crippen molar-refractivity contribution >= 4 is 5.88 Å². The van der Waals surface area contributed by atoms with Crippen molar-refractivity contribution in [2.45, 2.75) is 25.2 Å². The lowest BCUT2D eigenvalue weighted by Crippen LogP contribution is -1.97. The molecule has 0 radical (unpaired) electrons. The minimum Gasteiger partial charge on any atom is -0.424 e. The zero-order chi connectivity index (χ0) is 10.9. The zero-order valence-corrected chi connectivity index (χ0v) is 8.89. The number of hydrogen-bond donors (Lipinski definition) is 1. The van der Waals surface area contributed by atoms with Crippen LogP contribution in [0.5, 0.6) is 0 Å². The largest absolute Gasteiger partial charge is 0.424 e. The Balaban J connectivity index is 1.67. The van der Waals surface area contributed by atoms with Crippen molar-refractivity contribution in [3.63, 3.8) is 0 Å². The Bertz CT molecular complexity index is 485. The van der Waals surface area contributed by atoms with E-state index in [4.69, 9.17) is 15.4 Å². The molecule has 0 saturated heterocycles. The Kier molecular flexibility index (Phi) is 1.40. The molecular formula is C12H13N3O. The van der Waals surface area contributed by atoms with E-state index in [1.165, 1.54) is 19.3 Å². The van der Waals surface area contributed by atoms with Gasteiger partial charge >= 0.3 is 0 Å². The number of nitrogens with zero attached hydrogens (tertiary/aromatic N) is 2. The lowest BCUT2D eigenvalue weighted by Gasteiger charge is -2.04. The third-order valence-corrected chi connectivity index (χ3v) is 4.80. The van der Waals surface area contributed by atoms with Crippen molar-refractivity contribution < 1.29 is 4.42 Å². The number of rotatable bonds is 1. The molecule has 4 heteroatoms. The maximum absolute atomic E-state index is 8.80. The van der Waals surface area contributed by atoms with Gasteiger partial charge in [-0.25, -0.2) is 4.98 Å². The van der Waals surface area contributed by atoms with Crippen LogP contribution in [0.15, 0.2) is 4.42 Å². The van der Waals surface area contributed by atoms with Crippen molar-refractivity contribution in [3.05, 3.63) is 11.6 Å². The normalized spacial score (nSPS) is 43.1. The van der Waals surface area contributed by atoms with Crippen LogP contribution in [0.1, 0.15) is 36.8 Å². The van der Waals surface area contributed by atoms with Gasteiger partial charge in [-0.3, -0.25) is 0 Å². The fraction of sp³-hybridized carbons (Fsp3) is 0.667. The predicted octanol–water partition coefficient (Wildman–Crippen LogP) is 1.89. The second-order valence-corrected chi connectivity index (χ2v) is 5.39. The maximum atomic E-state index is 8.80. The highest BCUT2D eigenvalue weighted by molar-refractivity contribution is 5.42. The molecule has 2 bridgehead atoms. The number of hydrogen-bond acceptors (Lipinski definition) is 4. The van der Waals surface area contributed by atoms with E-state index in [1.807, 2.05) is 6.07 Å². The predicted molar refractivity (Wildman–Crippen MR) is 56.2 cm³/mol. The summed E-state index contributed by atoms with van der Waals surface area (Å²) < 4.78 is 5.43. The molecule has 0 aromatic carbocycles. The van der Waals surface area contributed by atoms with Crippen molar-refractivity contribution in [2.24, 2.45) is 23.7 Å². The molecule has 4 nitrogen and oxygen atoms in total. The monoisotopic (exact) mass is 215 g/mol. The molecule has 3 aliphatic carbocycles. The van der Waals surface area contributed by atoms with Gasteiger partial charge in [0.2, 0.25) is 17.5 Å². The average molecular weight is 215 g/mol. The van der Waals surface area contributed by atoms with E-state index in [9.17, 15) is 0 Å². The van der Waals surface area contributed by atoms with Crippen molar-refractivity contribution in [2.75, 3.05) is 5.73 Å². The van der Waals surface area contributed by atoms with Crippen LogP contribution in [0.4, 0.5) is 5.88 Å². The molecule has 4 atom stereocenters. The summed E-state index contributed by atoms with van der Waals surface area (Å²) in [5.41, 5.74) is 5.86. The SMILES string of the molecule is N#Cc1nc(C2C3C4CCC(C4)C23)oc1N. The summed E-state index contributed by atoms with van der Waals surface area (Å²) in [5, 5.41) is 8.80. The van der Waals surface area contributed by atoms with Crippen LogP contribution >= 0.6 is 0 Å². The maximum Gasteiger partial charge on any atom is 0.229 e. The molecule has 82 valence electrons. The molecule has 4 unspecified atom stereocenters. The first-order valence-corrected chi connectivity index (χ1v) is 5.96. The molecule has 4 rings (SSSR count). The third-order valence-electron chi connectivity index (χ3n) is 4.80. The molecule has 1 aromatic rings. The van der Waals surface area contributed by atoms with Crippen LogP contribution in [0.25, 0.3) is 0 Å². The molecule has 1 heterocycles. The van der Waals surface area contributed by atoms with Crippen molar-refractivity contribution in [1.29, 1.82) is 5.26 Å². The van der Waals surface area contributed by atoms with Crippen LogP contribution in [0, 0.1) is 35.0 Å². The van der Waals surface area contributed by atoms with E-state index in [0.717, 1.165) is 29.6 Å². The Labute approximate surface area is 93.4 Å². The van der Waals surface area contributed by atoms with Gasteiger partial charge in [-0.2, -0.15) is 5.26 Å². The molecule has 2 N–H and O–H groups in total. The first-order valence-electron chi connectivity index (χ1n) is 5.96. The first kappa shape index (κ1) is 8.63. The summed E-state index contributed by atoms with van der Waals surface area (Å²) in [7, 11) is 0. The standard InChI is InChI=1S/C12H13N3O/c13-4-7-11(14)16-12(15-7)10-8-5-1-2-6(3-5)9(8)10/h5-6,8-10H,1-3,14H2. The second kappa shape index (κ2) is 2.60. The molecule has 0 spiro atoms. The molecule has 3 fully saturated rings. The van der Waals surface area contributed by atoms with Crippen LogP contribution in [-0.2, 0) is 0 Å². The molecule has 0 amide bonds. The number of nitrogens with two attached hydrogens (primary N) is 1. The molecule has 16 heavy (non-hydrogen) atoms. The van der Waals surface area contributed by atoms with Gasteiger partial charge in [-0.1, -0.05) is 0 Å². The lowest BCUT2D eigenvalue weighted by atomic mass is 10.0.